The predicted molar refractivity (Wildman–Crippen MR) is 56.7 cm³/mol. The predicted octanol–water partition coefficient (Wildman–Crippen LogP) is 0.996. The number of H-pyrrole nitrogens is 1. The van der Waals surface area contributed by atoms with E-state index in [1.54, 1.807) is 24.4 Å². The summed E-state index contributed by atoms with van der Waals surface area (Å²) in [4.78, 5) is 17.4. The second-order valence-corrected chi connectivity index (χ2v) is 3.21. The zero-order valence-electron chi connectivity index (χ0n) is 7.54. The van der Waals surface area contributed by atoms with Crippen molar-refractivity contribution in [3.05, 3.63) is 45.6 Å². The Morgan fingerprint density at radius 3 is 2.87 bits per heavy atom. The van der Waals surface area contributed by atoms with Gasteiger partial charge in [0.25, 0.3) is 5.56 Å². The Kier molecular flexibility index (Phi) is 2.34. The molecule has 0 aromatic carbocycles. The molecule has 0 radical (unpaired) electrons. The lowest BCUT2D eigenvalue weighted by Crippen LogP contribution is -2.11. The molecule has 15 heavy (non-hydrogen) atoms. The van der Waals surface area contributed by atoms with E-state index in [-0.39, 0.29) is 10.7 Å². The highest BCUT2D eigenvalue weighted by molar-refractivity contribution is 7.71. The number of rotatable bonds is 1. The first kappa shape index (κ1) is 9.60. The van der Waals surface area contributed by atoms with Crippen LogP contribution in [0.1, 0.15) is 0 Å². The fourth-order valence-electron chi connectivity index (χ4n) is 1.19. The van der Waals surface area contributed by atoms with Crippen molar-refractivity contribution in [3.8, 4) is 11.7 Å². The number of aromatic hydroxyl groups is 1. The van der Waals surface area contributed by atoms with Crippen LogP contribution in [0.15, 0.2) is 35.3 Å². The minimum atomic E-state index is -0.440. The Bertz CT molecular complexity index is 588. The Hall–Kier alpha value is -1.95. The van der Waals surface area contributed by atoms with E-state index in [4.69, 9.17) is 12.2 Å². The van der Waals surface area contributed by atoms with Gasteiger partial charge in [-0.15, -0.1) is 0 Å². The number of nitrogens with zero attached hydrogens (tertiary/aromatic N) is 2. The minimum Gasteiger partial charge on any atom is -0.494 e. The van der Waals surface area contributed by atoms with Crippen molar-refractivity contribution >= 4 is 12.2 Å². The summed E-state index contributed by atoms with van der Waals surface area (Å²) >= 11 is 4.92. The highest BCUT2D eigenvalue weighted by Gasteiger charge is 2.04. The number of aromatic nitrogens is 3. The monoisotopic (exact) mass is 221 g/mol. The van der Waals surface area contributed by atoms with E-state index in [9.17, 15) is 9.90 Å². The molecule has 0 saturated carbocycles. The van der Waals surface area contributed by atoms with Gasteiger partial charge >= 0.3 is 0 Å². The fraction of sp³-hybridized carbons (Fsp3) is 0. The van der Waals surface area contributed by atoms with E-state index in [1.807, 2.05) is 0 Å². The summed E-state index contributed by atoms with van der Waals surface area (Å²) in [5.41, 5.74) is -0.440. The SMILES string of the molecule is O=c1cc(O)n(-c2ccccn2)c(=S)[nH]1. The molecule has 5 nitrogen and oxygen atoms in total. The van der Waals surface area contributed by atoms with Gasteiger partial charge in [-0.3, -0.25) is 9.78 Å². The molecule has 0 aliphatic rings. The molecular weight excluding hydrogens is 214 g/mol. The highest BCUT2D eigenvalue weighted by atomic mass is 32.1. The van der Waals surface area contributed by atoms with Gasteiger partial charge < -0.3 is 5.11 Å². The zero-order valence-corrected chi connectivity index (χ0v) is 8.36. The highest BCUT2D eigenvalue weighted by Crippen LogP contribution is 2.11. The lowest BCUT2D eigenvalue weighted by molar-refractivity contribution is 0.432. The molecule has 0 saturated heterocycles. The molecule has 0 aliphatic carbocycles. The molecular formula is C9H7N3O2S. The van der Waals surface area contributed by atoms with Gasteiger partial charge in [0.05, 0.1) is 6.07 Å². The van der Waals surface area contributed by atoms with Gasteiger partial charge in [-0.25, -0.2) is 9.55 Å². The zero-order chi connectivity index (χ0) is 10.8. The van der Waals surface area contributed by atoms with Crippen LogP contribution in [0.4, 0.5) is 0 Å². The summed E-state index contributed by atoms with van der Waals surface area (Å²) in [5.74, 6) is 0.221. The minimum absolute atomic E-state index is 0.110. The summed E-state index contributed by atoms with van der Waals surface area (Å²) in [6.07, 6.45) is 1.57. The van der Waals surface area contributed by atoms with Crippen molar-refractivity contribution in [2.45, 2.75) is 0 Å². The molecule has 2 N–H and O–H groups in total. The summed E-state index contributed by atoms with van der Waals surface area (Å²) in [5, 5.41) is 9.56. The molecule has 0 aliphatic heterocycles. The van der Waals surface area contributed by atoms with Crippen LogP contribution in [0, 0.1) is 4.77 Å². The van der Waals surface area contributed by atoms with E-state index in [0.717, 1.165) is 6.07 Å². The largest absolute Gasteiger partial charge is 0.494 e. The van der Waals surface area contributed by atoms with Gasteiger partial charge in [0.2, 0.25) is 5.88 Å². The van der Waals surface area contributed by atoms with Crippen molar-refractivity contribution < 1.29 is 5.11 Å². The molecule has 0 bridgehead atoms. The molecule has 0 unspecified atom stereocenters. The molecule has 2 rings (SSSR count). The number of aromatic amines is 1. The van der Waals surface area contributed by atoms with Crippen molar-refractivity contribution in [3.63, 3.8) is 0 Å². The third-order valence-electron chi connectivity index (χ3n) is 1.80. The number of hydrogen-bond acceptors (Lipinski definition) is 4. The summed E-state index contributed by atoms with van der Waals surface area (Å²) in [7, 11) is 0. The second kappa shape index (κ2) is 3.66. The van der Waals surface area contributed by atoms with Crippen molar-refractivity contribution in [1.82, 2.24) is 14.5 Å². The first-order valence-electron chi connectivity index (χ1n) is 4.15. The third-order valence-corrected chi connectivity index (χ3v) is 2.09. The molecule has 0 fully saturated rings. The van der Waals surface area contributed by atoms with Crippen LogP contribution in [0.25, 0.3) is 5.82 Å². The van der Waals surface area contributed by atoms with Gasteiger partial charge in [0.15, 0.2) is 4.77 Å². The summed E-state index contributed by atoms with van der Waals surface area (Å²) < 4.78 is 1.38. The lowest BCUT2D eigenvalue weighted by Gasteiger charge is -2.06. The van der Waals surface area contributed by atoms with Crippen molar-refractivity contribution in [1.29, 1.82) is 0 Å². The summed E-state index contributed by atoms with van der Waals surface area (Å²) in [6, 6.07) is 6.23. The maximum Gasteiger partial charge on any atom is 0.255 e. The quantitative estimate of drug-likeness (QED) is 0.705. The molecule has 0 spiro atoms. The van der Waals surface area contributed by atoms with Crippen molar-refractivity contribution in [2.24, 2.45) is 0 Å². The molecule has 2 aromatic rings. The van der Waals surface area contributed by atoms with Gasteiger partial charge in [0.1, 0.15) is 5.82 Å². The van der Waals surface area contributed by atoms with Crippen LogP contribution in [0.5, 0.6) is 5.88 Å². The summed E-state index contributed by atoms with van der Waals surface area (Å²) in [6.45, 7) is 0. The van der Waals surface area contributed by atoms with E-state index in [1.165, 1.54) is 4.57 Å². The Morgan fingerprint density at radius 2 is 2.27 bits per heavy atom. The van der Waals surface area contributed by atoms with Crippen LogP contribution in [0.3, 0.4) is 0 Å². The maximum absolute atomic E-state index is 11.0. The maximum atomic E-state index is 11.0. The lowest BCUT2D eigenvalue weighted by atomic mass is 10.4. The van der Waals surface area contributed by atoms with Crippen LogP contribution in [-0.2, 0) is 0 Å². The van der Waals surface area contributed by atoms with Gasteiger partial charge in [-0.1, -0.05) is 6.07 Å². The van der Waals surface area contributed by atoms with Gasteiger partial charge in [-0.05, 0) is 24.4 Å². The number of nitrogens with one attached hydrogen (secondary N) is 1. The Labute approximate surface area is 89.7 Å². The van der Waals surface area contributed by atoms with Crippen LogP contribution >= 0.6 is 12.2 Å². The molecule has 0 amide bonds. The average molecular weight is 221 g/mol. The topological polar surface area (TPSA) is 70.9 Å². The second-order valence-electron chi connectivity index (χ2n) is 2.82. The molecule has 2 aromatic heterocycles. The third kappa shape index (κ3) is 1.79. The Morgan fingerprint density at radius 1 is 1.47 bits per heavy atom. The van der Waals surface area contributed by atoms with Crippen LogP contribution < -0.4 is 5.56 Å². The van der Waals surface area contributed by atoms with Crippen molar-refractivity contribution in [2.75, 3.05) is 0 Å². The normalized spacial score (nSPS) is 10.1. The molecule has 2 heterocycles. The number of hydrogen-bond donors (Lipinski definition) is 2. The molecule has 6 heteroatoms. The van der Waals surface area contributed by atoms with E-state index in [2.05, 4.69) is 9.97 Å². The van der Waals surface area contributed by atoms with E-state index >= 15 is 0 Å². The fourth-order valence-corrected chi connectivity index (χ4v) is 1.48. The van der Waals surface area contributed by atoms with Crippen LogP contribution in [-0.4, -0.2) is 19.6 Å². The number of pyridine rings is 1. The average Bonchev–Trinajstić information content (AvgIpc) is 2.17. The van der Waals surface area contributed by atoms with Crippen LogP contribution in [0.2, 0.25) is 0 Å². The van der Waals surface area contributed by atoms with E-state index < -0.39 is 5.56 Å². The smallest absolute Gasteiger partial charge is 0.255 e. The molecule has 0 atom stereocenters. The van der Waals surface area contributed by atoms with Gasteiger partial charge in [0, 0.05) is 6.20 Å². The molecule has 76 valence electrons. The first-order valence-corrected chi connectivity index (χ1v) is 4.56. The standard InChI is InChI=1S/C9H7N3O2S/c13-7-5-8(14)12(9(15)11-7)6-3-1-2-4-10-6/h1-5,14H,(H,11,13,15). The van der Waals surface area contributed by atoms with Gasteiger partial charge in [-0.2, -0.15) is 0 Å². The van der Waals surface area contributed by atoms with E-state index in [0.29, 0.717) is 5.82 Å². The Balaban J connectivity index is 2.75. The first-order chi connectivity index (χ1) is 7.18.